The molecule has 0 bridgehead atoms. The van der Waals surface area contributed by atoms with E-state index in [2.05, 4.69) is 14.8 Å². The smallest absolute Gasteiger partial charge is 0.457 e. The standard InChI is InChI=1S/C23H16ClF3N2O5S2/c1-36(31,32)29-15-5-6-20-13(7-15)8-21(35-20)22(30)28-16-9-14(24)10-19(11-16)33-17-3-2-4-18(12-17)34-23(25,26)27/h2-12,29H,1H3,(H,28,30). The summed E-state index contributed by atoms with van der Waals surface area (Å²) in [5.41, 5.74) is 0.665. The first-order chi connectivity index (χ1) is 16.8. The number of ether oxygens (including phenoxy) is 2. The van der Waals surface area contributed by atoms with E-state index in [1.807, 2.05) is 0 Å². The molecule has 1 aromatic heterocycles. The molecule has 1 amide bonds. The number of sulfonamides is 1. The van der Waals surface area contributed by atoms with Gasteiger partial charge in [-0.2, -0.15) is 0 Å². The molecule has 3 aromatic carbocycles. The number of benzene rings is 3. The zero-order valence-corrected chi connectivity index (χ0v) is 20.6. The highest BCUT2D eigenvalue weighted by Crippen LogP contribution is 2.33. The normalized spacial score (nSPS) is 11.8. The van der Waals surface area contributed by atoms with Gasteiger partial charge in [-0.05, 0) is 53.9 Å². The first-order valence-electron chi connectivity index (χ1n) is 10.00. The van der Waals surface area contributed by atoms with Crippen LogP contribution < -0.4 is 19.5 Å². The molecule has 0 radical (unpaired) electrons. The number of thiophene rings is 1. The van der Waals surface area contributed by atoms with Crippen molar-refractivity contribution in [3.8, 4) is 17.2 Å². The number of halogens is 4. The second-order valence-electron chi connectivity index (χ2n) is 7.49. The second kappa shape index (κ2) is 9.88. The Labute approximate surface area is 212 Å². The molecule has 4 aromatic rings. The number of rotatable bonds is 7. The Balaban J connectivity index is 1.51. The molecule has 0 spiro atoms. The molecular weight excluding hydrogens is 541 g/mol. The highest BCUT2D eigenvalue weighted by molar-refractivity contribution is 7.92. The van der Waals surface area contributed by atoms with Crippen LogP contribution in [0.15, 0.2) is 66.7 Å². The fourth-order valence-electron chi connectivity index (χ4n) is 3.19. The minimum Gasteiger partial charge on any atom is -0.457 e. The van der Waals surface area contributed by atoms with Crippen molar-refractivity contribution in [3.05, 3.63) is 76.6 Å². The van der Waals surface area contributed by atoms with Crippen molar-refractivity contribution < 1.29 is 35.9 Å². The van der Waals surface area contributed by atoms with Gasteiger partial charge in [0.2, 0.25) is 10.0 Å². The number of nitrogens with one attached hydrogen (secondary N) is 2. The van der Waals surface area contributed by atoms with Gasteiger partial charge in [0, 0.05) is 33.2 Å². The van der Waals surface area contributed by atoms with Gasteiger partial charge in [-0.1, -0.05) is 17.7 Å². The number of hydrogen-bond acceptors (Lipinski definition) is 6. The van der Waals surface area contributed by atoms with Gasteiger partial charge in [-0.15, -0.1) is 24.5 Å². The van der Waals surface area contributed by atoms with Gasteiger partial charge in [-0.25, -0.2) is 8.42 Å². The van der Waals surface area contributed by atoms with Gasteiger partial charge in [0.1, 0.15) is 17.2 Å². The minimum absolute atomic E-state index is 0.0688. The van der Waals surface area contributed by atoms with Crippen molar-refractivity contribution in [2.45, 2.75) is 6.36 Å². The van der Waals surface area contributed by atoms with Gasteiger partial charge < -0.3 is 14.8 Å². The molecule has 0 fully saturated rings. The predicted octanol–water partition coefficient (Wildman–Crippen LogP) is 6.87. The van der Waals surface area contributed by atoms with Crippen molar-refractivity contribution in [1.29, 1.82) is 0 Å². The first-order valence-corrected chi connectivity index (χ1v) is 13.1. The monoisotopic (exact) mass is 556 g/mol. The van der Waals surface area contributed by atoms with Crippen molar-refractivity contribution in [2.75, 3.05) is 16.3 Å². The number of alkyl halides is 3. The lowest BCUT2D eigenvalue weighted by atomic mass is 10.2. The molecule has 36 heavy (non-hydrogen) atoms. The van der Waals surface area contributed by atoms with Crippen molar-refractivity contribution in [2.24, 2.45) is 0 Å². The quantitative estimate of drug-likeness (QED) is 0.259. The molecule has 0 unspecified atom stereocenters. The molecule has 0 saturated carbocycles. The Morgan fingerprint density at radius 2 is 1.69 bits per heavy atom. The third-order valence-electron chi connectivity index (χ3n) is 4.45. The van der Waals surface area contributed by atoms with E-state index in [1.165, 1.54) is 41.7 Å². The Morgan fingerprint density at radius 1 is 0.944 bits per heavy atom. The van der Waals surface area contributed by atoms with E-state index in [0.717, 1.165) is 23.1 Å². The lowest BCUT2D eigenvalue weighted by Gasteiger charge is -2.12. The average molecular weight is 557 g/mol. The lowest BCUT2D eigenvalue weighted by molar-refractivity contribution is -0.274. The van der Waals surface area contributed by atoms with Crippen LogP contribution in [-0.4, -0.2) is 26.9 Å². The first kappa shape index (κ1) is 25.6. The maximum atomic E-state index is 12.8. The molecule has 4 rings (SSSR count). The Bertz CT molecular complexity index is 1560. The fourth-order valence-corrected chi connectivity index (χ4v) is 4.91. The van der Waals surface area contributed by atoms with Gasteiger partial charge in [0.25, 0.3) is 5.91 Å². The summed E-state index contributed by atoms with van der Waals surface area (Å²) >= 11 is 7.35. The Morgan fingerprint density at radius 3 is 2.42 bits per heavy atom. The van der Waals surface area contributed by atoms with E-state index in [1.54, 1.807) is 24.3 Å². The van der Waals surface area contributed by atoms with Crippen LogP contribution in [0.1, 0.15) is 9.67 Å². The SMILES string of the molecule is CS(=O)(=O)Nc1ccc2sc(C(=O)Nc3cc(Cl)cc(Oc4cccc(OC(F)(F)F)c4)c3)cc2c1. The molecule has 0 atom stereocenters. The molecule has 0 aliphatic carbocycles. The third kappa shape index (κ3) is 7.03. The van der Waals surface area contributed by atoms with E-state index < -0.39 is 28.0 Å². The van der Waals surface area contributed by atoms with E-state index in [-0.39, 0.29) is 16.5 Å². The molecule has 7 nitrogen and oxygen atoms in total. The van der Waals surface area contributed by atoms with Crippen molar-refractivity contribution in [3.63, 3.8) is 0 Å². The van der Waals surface area contributed by atoms with E-state index in [0.29, 0.717) is 21.6 Å². The van der Waals surface area contributed by atoms with Crippen LogP contribution in [0, 0.1) is 0 Å². The fraction of sp³-hybridized carbons (Fsp3) is 0.0870. The number of amides is 1. The van der Waals surface area contributed by atoms with Crippen LogP contribution >= 0.6 is 22.9 Å². The Hall–Kier alpha value is -3.48. The van der Waals surface area contributed by atoms with Gasteiger partial charge >= 0.3 is 6.36 Å². The molecular formula is C23H16ClF3N2O5S2. The van der Waals surface area contributed by atoms with Crippen LogP contribution in [0.2, 0.25) is 5.02 Å². The Kier molecular flexibility index (Phi) is 7.03. The number of anilines is 2. The number of carbonyl (C=O) groups is 1. The van der Waals surface area contributed by atoms with Gasteiger partial charge in [0.05, 0.1) is 11.1 Å². The largest absolute Gasteiger partial charge is 0.573 e. The molecule has 0 aliphatic rings. The number of fused-ring (bicyclic) bond motifs is 1. The summed E-state index contributed by atoms with van der Waals surface area (Å²) in [5, 5.41) is 3.60. The molecule has 0 saturated heterocycles. The highest BCUT2D eigenvalue weighted by atomic mass is 35.5. The second-order valence-corrected chi connectivity index (χ2v) is 10.8. The summed E-state index contributed by atoms with van der Waals surface area (Å²) in [5.74, 6) is -0.646. The summed E-state index contributed by atoms with van der Waals surface area (Å²) < 4.78 is 73.0. The molecule has 1 heterocycles. The van der Waals surface area contributed by atoms with Gasteiger partial charge in [0.15, 0.2) is 0 Å². The molecule has 2 N–H and O–H groups in total. The molecule has 13 heteroatoms. The lowest BCUT2D eigenvalue weighted by Crippen LogP contribution is -2.17. The number of hydrogen-bond donors (Lipinski definition) is 2. The zero-order chi connectivity index (χ0) is 26.1. The van der Waals surface area contributed by atoms with Gasteiger partial charge in [-0.3, -0.25) is 9.52 Å². The minimum atomic E-state index is -4.84. The van der Waals surface area contributed by atoms with E-state index in [4.69, 9.17) is 16.3 Å². The highest BCUT2D eigenvalue weighted by Gasteiger charge is 2.31. The zero-order valence-electron chi connectivity index (χ0n) is 18.2. The van der Waals surface area contributed by atoms with Crippen LogP contribution in [0.5, 0.6) is 17.2 Å². The van der Waals surface area contributed by atoms with E-state index >= 15 is 0 Å². The molecule has 0 aliphatic heterocycles. The predicted molar refractivity (Wildman–Crippen MR) is 133 cm³/mol. The average Bonchev–Trinajstić information content (AvgIpc) is 3.15. The summed E-state index contributed by atoms with van der Waals surface area (Å²) in [4.78, 5) is 13.2. The number of carbonyl (C=O) groups excluding carboxylic acids is 1. The molecule has 188 valence electrons. The topological polar surface area (TPSA) is 93.7 Å². The summed E-state index contributed by atoms with van der Waals surface area (Å²) in [7, 11) is -3.44. The maximum Gasteiger partial charge on any atom is 0.573 e. The third-order valence-corrected chi connectivity index (χ3v) is 6.39. The van der Waals surface area contributed by atoms with Crippen LogP contribution in [0.4, 0.5) is 24.5 Å². The van der Waals surface area contributed by atoms with Crippen LogP contribution in [0.25, 0.3) is 10.1 Å². The maximum absolute atomic E-state index is 12.8. The summed E-state index contributed by atoms with van der Waals surface area (Å²) in [6.07, 6.45) is -3.80. The van der Waals surface area contributed by atoms with E-state index in [9.17, 15) is 26.4 Å². The summed E-state index contributed by atoms with van der Waals surface area (Å²) in [6, 6.07) is 15.9. The van der Waals surface area contributed by atoms with Crippen molar-refractivity contribution >= 4 is 60.3 Å². The van der Waals surface area contributed by atoms with Crippen LogP contribution in [-0.2, 0) is 10.0 Å². The van der Waals surface area contributed by atoms with Crippen LogP contribution in [0.3, 0.4) is 0 Å². The summed E-state index contributed by atoms with van der Waals surface area (Å²) in [6.45, 7) is 0. The van der Waals surface area contributed by atoms with Crippen molar-refractivity contribution in [1.82, 2.24) is 0 Å².